The van der Waals surface area contributed by atoms with Crippen molar-refractivity contribution < 1.29 is 14.3 Å². The van der Waals surface area contributed by atoms with Crippen LogP contribution in [0.25, 0.3) is 0 Å². The van der Waals surface area contributed by atoms with Crippen molar-refractivity contribution in [2.45, 2.75) is 26.7 Å². The van der Waals surface area contributed by atoms with E-state index >= 15 is 0 Å². The van der Waals surface area contributed by atoms with E-state index in [0.29, 0.717) is 35.9 Å². The Hall–Kier alpha value is -1.91. The maximum absolute atomic E-state index is 11.7. The predicted octanol–water partition coefficient (Wildman–Crippen LogP) is 2.21. The van der Waals surface area contributed by atoms with E-state index in [9.17, 15) is 4.79 Å². The topological polar surface area (TPSA) is 87.6 Å². The molecule has 0 aliphatic carbocycles. The molecule has 0 aliphatic heterocycles. The largest absolute Gasteiger partial charge is 0.489 e. The second-order valence-corrected chi connectivity index (χ2v) is 3.97. The Morgan fingerprint density at radius 3 is 2.17 bits per heavy atom. The minimum absolute atomic E-state index is 0.349. The second-order valence-electron chi connectivity index (χ2n) is 3.97. The molecule has 0 heterocycles. The summed E-state index contributed by atoms with van der Waals surface area (Å²) in [6.07, 6.45) is 1.63. The van der Waals surface area contributed by atoms with E-state index in [2.05, 4.69) is 0 Å². The smallest absolute Gasteiger partial charge is 0.338 e. The minimum atomic E-state index is -0.419. The van der Waals surface area contributed by atoms with Gasteiger partial charge in [-0.15, -0.1) is 0 Å². The number of hydrogen-bond donors (Lipinski definition) is 2. The van der Waals surface area contributed by atoms with Crippen LogP contribution >= 0.6 is 0 Å². The highest BCUT2D eigenvalue weighted by atomic mass is 16.5. The molecule has 0 atom stereocenters. The van der Waals surface area contributed by atoms with E-state index in [1.165, 1.54) is 12.1 Å². The molecule has 0 aromatic heterocycles. The van der Waals surface area contributed by atoms with Crippen LogP contribution in [0.1, 0.15) is 37.0 Å². The Labute approximate surface area is 107 Å². The molecule has 0 aliphatic rings. The Kier molecular flexibility index (Phi) is 5.30. The lowest BCUT2D eigenvalue weighted by atomic mass is 10.1. The normalized spacial score (nSPS) is 10.1. The number of rotatable bonds is 6. The highest BCUT2D eigenvalue weighted by molar-refractivity contribution is 5.93. The molecule has 100 valence electrons. The van der Waals surface area contributed by atoms with Crippen LogP contribution in [0.5, 0.6) is 5.75 Å². The van der Waals surface area contributed by atoms with Gasteiger partial charge in [-0.1, -0.05) is 13.8 Å². The third-order valence-electron chi connectivity index (χ3n) is 2.27. The lowest BCUT2D eigenvalue weighted by molar-refractivity contribution is 0.0505. The van der Waals surface area contributed by atoms with Gasteiger partial charge in [-0.3, -0.25) is 0 Å². The first-order valence-corrected chi connectivity index (χ1v) is 6.09. The summed E-state index contributed by atoms with van der Waals surface area (Å²) in [6, 6.07) is 3.05. The molecule has 0 saturated carbocycles. The van der Waals surface area contributed by atoms with Crippen LogP contribution in [-0.2, 0) is 4.74 Å². The van der Waals surface area contributed by atoms with Gasteiger partial charge >= 0.3 is 5.97 Å². The second kappa shape index (κ2) is 6.74. The van der Waals surface area contributed by atoms with Crippen LogP contribution in [-0.4, -0.2) is 19.2 Å². The average molecular weight is 252 g/mol. The zero-order chi connectivity index (χ0) is 13.5. The molecule has 1 aromatic carbocycles. The fraction of sp³-hybridized carbons (Fsp3) is 0.462. The molecule has 5 heteroatoms. The van der Waals surface area contributed by atoms with Crippen LogP contribution in [0.15, 0.2) is 12.1 Å². The van der Waals surface area contributed by atoms with Crippen molar-refractivity contribution in [1.29, 1.82) is 0 Å². The van der Waals surface area contributed by atoms with Crippen molar-refractivity contribution in [2.24, 2.45) is 0 Å². The number of ether oxygens (including phenoxy) is 2. The van der Waals surface area contributed by atoms with Gasteiger partial charge in [-0.2, -0.15) is 0 Å². The molecule has 1 aromatic rings. The Balaban J connectivity index is 2.88. The molecular formula is C13H20N2O3. The molecular weight excluding hydrogens is 232 g/mol. The first-order chi connectivity index (χ1) is 8.60. The highest BCUT2D eigenvalue weighted by Crippen LogP contribution is 2.31. The molecule has 1 rings (SSSR count). The number of benzene rings is 1. The number of hydrogen-bond acceptors (Lipinski definition) is 5. The van der Waals surface area contributed by atoms with Crippen LogP contribution < -0.4 is 16.2 Å². The maximum Gasteiger partial charge on any atom is 0.338 e. The van der Waals surface area contributed by atoms with E-state index in [1.54, 1.807) is 0 Å². The van der Waals surface area contributed by atoms with E-state index in [0.717, 1.165) is 12.8 Å². The van der Waals surface area contributed by atoms with Crippen LogP contribution in [0, 0.1) is 0 Å². The van der Waals surface area contributed by atoms with Gasteiger partial charge in [-0.05, 0) is 25.0 Å². The number of nitrogen functional groups attached to an aromatic ring is 2. The first kappa shape index (κ1) is 14.2. The molecule has 5 nitrogen and oxygen atoms in total. The van der Waals surface area contributed by atoms with Gasteiger partial charge in [0.1, 0.15) is 0 Å². The van der Waals surface area contributed by atoms with E-state index in [1.807, 2.05) is 13.8 Å². The van der Waals surface area contributed by atoms with Gasteiger partial charge in [0.25, 0.3) is 0 Å². The van der Waals surface area contributed by atoms with Crippen molar-refractivity contribution in [2.75, 3.05) is 24.7 Å². The van der Waals surface area contributed by atoms with E-state index in [4.69, 9.17) is 20.9 Å². The molecule has 0 amide bonds. The Morgan fingerprint density at radius 2 is 1.67 bits per heavy atom. The van der Waals surface area contributed by atoms with Crippen molar-refractivity contribution in [3.63, 3.8) is 0 Å². The van der Waals surface area contributed by atoms with Crippen LogP contribution in [0.2, 0.25) is 0 Å². The fourth-order valence-corrected chi connectivity index (χ4v) is 1.44. The monoisotopic (exact) mass is 252 g/mol. The number of esters is 1. The number of nitrogens with two attached hydrogens (primary N) is 2. The van der Waals surface area contributed by atoms with Gasteiger partial charge in [-0.25, -0.2) is 4.79 Å². The molecule has 0 spiro atoms. The summed E-state index contributed by atoms with van der Waals surface area (Å²) in [5.74, 6) is 0.0150. The van der Waals surface area contributed by atoms with Crippen molar-refractivity contribution in [1.82, 2.24) is 0 Å². The zero-order valence-corrected chi connectivity index (χ0v) is 10.9. The van der Waals surface area contributed by atoms with Gasteiger partial charge in [0.2, 0.25) is 0 Å². The quantitative estimate of drug-likeness (QED) is 0.598. The number of carbonyl (C=O) groups is 1. The third kappa shape index (κ3) is 3.55. The first-order valence-electron chi connectivity index (χ1n) is 6.09. The molecule has 0 unspecified atom stereocenters. The zero-order valence-electron chi connectivity index (χ0n) is 10.9. The standard InChI is InChI=1S/C13H20N2O3/c1-3-5-17-12-10(14)7-9(8-11(12)15)13(16)18-6-4-2/h7-8H,3-6,14-15H2,1-2H3. The Morgan fingerprint density at radius 1 is 1.11 bits per heavy atom. The summed E-state index contributed by atoms with van der Waals surface area (Å²) >= 11 is 0. The predicted molar refractivity (Wildman–Crippen MR) is 71.6 cm³/mol. The van der Waals surface area contributed by atoms with E-state index in [-0.39, 0.29) is 0 Å². The molecule has 18 heavy (non-hydrogen) atoms. The summed E-state index contributed by atoms with van der Waals surface area (Å²) in [4.78, 5) is 11.7. The third-order valence-corrected chi connectivity index (χ3v) is 2.27. The molecule has 0 radical (unpaired) electrons. The van der Waals surface area contributed by atoms with Gasteiger partial charge in [0, 0.05) is 0 Å². The van der Waals surface area contributed by atoms with Crippen molar-refractivity contribution in [3.05, 3.63) is 17.7 Å². The summed E-state index contributed by atoms with van der Waals surface area (Å²) in [5, 5.41) is 0. The number of carbonyl (C=O) groups excluding carboxylic acids is 1. The average Bonchev–Trinajstić information content (AvgIpc) is 2.34. The molecule has 0 saturated heterocycles. The van der Waals surface area contributed by atoms with Gasteiger partial charge in [0.05, 0.1) is 30.2 Å². The van der Waals surface area contributed by atoms with E-state index < -0.39 is 5.97 Å². The van der Waals surface area contributed by atoms with Crippen molar-refractivity contribution >= 4 is 17.3 Å². The summed E-state index contributed by atoms with van der Waals surface area (Å²) < 4.78 is 10.4. The SMILES string of the molecule is CCCOC(=O)c1cc(N)c(OCCC)c(N)c1. The molecule has 0 bridgehead atoms. The van der Waals surface area contributed by atoms with Gasteiger partial charge in [0.15, 0.2) is 5.75 Å². The molecule has 4 N–H and O–H groups in total. The lowest BCUT2D eigenvalue weighted by Gasteiger charge is -2.12. The summed E-state index contributed by atoms with van der Waals surface area (Å²) in [5.41, 5.74) is 12.7. The number of anilines is 2. The minimum Gasteiger partial charge on any atom is -0.489 e. The summed E-state index contributed by atoms with van der Waals surface area (Å²) in [6.45, 7) is 4.83. The van der Waals surface area contributed by atoms with Crippen molar-refractivity contribution in [3.8, 4) is 5.75 Å². The van der Waals surface area contributed by atoms with Crippen LogP contribution in [0.4, 0.5) is 11.4 Å². The van der Waals surface area contributed by atoms with Crippen LogP contribution in [0.3, 0.4) is 0 Å². The Bertz CT molecular complexity index is 396. The maximum atomic E-state index is 11.7. The lowest BCUT2D eigenvalue weighted by Crippen LogP contribution is -2.09. The fourth-order valence-electron chi connectivity index (χ4n) is 1.44. The van der Waals surface area contributed by atoms with Gasteiger partial charge < -0.3 is 20.9 Å². The highest BCUT2D eigenvalue weighted by Gasteiger charge is 2.13. The summed E-state index contributed by atoms with van der Waals surface area (Å²) in [7, 11) is 0. The molecule has 0 fully saturated rings.